The van der Waals surface area contributed by atoms with Gasteiger partial charge in [-0.3, -0.25) is 9.69 Å². The maximum atomic E-state index is 12.1. The molecule has 5 rings (SSSR count). The van der Waals surface area contributed by atoms with Crippen LogP contribution >= 0.6 is 0 Å². The summed E-state index contributed by atoms with van der Waals surface area (Å²) in [6, 6.07) is 0.260. The first kappa shape index (κ1) is 16.9. The second-order valence-corrected chi connectivity index (χ2v) is 7.86. The number of hydrogen-bond acceptors (Lipinski definition) is 8. The van der Waals surface area contributed by atoms with Gasteiger partial charge in [-0.1, -0.05) is 23.2 Å². The second-order valence-electron chi connectivity index (χ2n) is 7.86. The number of nitrogens with zero attached hydrogens (tertiary/aromatic N) is 5. The Labute approximate surface area is 156 Å². The van der Waals surface area contributed by atoms with Crippen molar-refractivity contribution in [3.05, 3.63) is 23.4 Å². The summed E-state index contributed by atoms with van der Waals surface area (Å²) in [6.45, 7) is 1.47. The largest absolute Gasteiger partial charge is 0.346 e. The molecule has 1 amide bonds. The number of nitrogens with one attached hydrogen (secondary N) is 1. The van der Waals surface area contributed by atoms with Crippen molar-refractivity contribution >= 4 is 5.91 Å². The number of rotatable bonds is 6. The van der Waals surface area contributed by atoms with Gasteiger partial charge in [0.05, 0.1) is 12.6 Å². The van der Waals surface area contributed by atoms with Gasteiger partial charge in [-0.05, 0) is 45.1 Å². The summed E-state index contributed by atoms with van der Waals surface area (Å²) >= 11 is 0. The first-order valence-corrected chi connectivity index (χ1v) is 9.97. The predicted octanol–water partition coefficient (Wildman–Crippen LogP) is 2.34. The van der Waals surface area contributed by atoms with Crippen LogP contribution in [0.1, 0.15) is 91.6 Å². The zero-order valence-corrected chi connectivity index (χ0v) is 15.3. The molecule has 27 heavy (non-hydrogen) atoms. The molecule has 3 heterocycles. The standard InChI is InChI=1S/C18H24N6O3/c25-17(19-12-7-8-12)16-21-18(27-23-16)13-6-3-9-24(13)10-14-20-15(22-26-14)11-4-1-2-5-11/h11-13H,1-10H2,(H,19,25)/t13-/m1/s1. The maximum absolute atomic E-state index is 12.1. The summed E-state index contributed by atoms with van der Waals surface area (Å²) in [7, 11) is 0. The van der Waals surface area contributed by atoms with E-state index < -0.39 is 0 Å². The Morgan fingerprint density at radius 1 is 1.04 bits per heavy atom. The highest BCUT2D eigenvalue weighted by Gasteiger charge is 2.34. The highest BCUT2D eigenvalue weighted by molar-refractivity contribution is 5.90. The molecule has 2 aromatic heterocycles. The van der Waals surface area contributed by atoms with E-state index in [1.165, 1.54) is 12.8 Å². The molecule has 1 aliphatic heterocycles. The fraction of sp³-hybridized carbons (Fsp3) is 0.722. The van der Waals surface area contributed by atoms with Gasteiger partial charge in [-0.2, -0.15) is 9.97 Å². The first-order chi connectivity index (χ1) is 13.3. The summed E-state index contributed by atoms with van der Waals surface area (Å²) in [5.41, 5.74) is 0. The van der Waals surface area contributed by atoms with Gasteiger partial charge in [0.1, 0.15) is 0 Å². The van der Waals surface area contributed by atoms with Crippen LogP contribution in [-0.2, 0) is 6.54 Å². The molecule has 2 saturated carbocycles. The summed E-state index contributed by atoms with van der Waals surface area (Å²) in [5.74, 6) is 2.27. The Balaban J connectivity index is 1.25. The predicted molar refractivity (Wildman–Crippen MR) is 92.7 cm³/mol. The van der Waals surface area contributed by atoms with E-state index in [1.807, 2.05) is 0 Å². The number of hydrogen-bond donors (Lipinski definition) is 1. The Morgan fingerprint density at radius 3 is 2.70 bits per heavy atom. The minimum absolute atomic E-state index is 0.0122. The van der Waals surface area contributed by atoms with E-state index in [2.05, 4.69) is 30.5 Å². The summed E-state index contributed by atoms with van der Waals surface area (Å²) < 4.78 is 10.9. The van der Waals surface area contributed by atoms with E-state index in [9.17, 15) is 4.79 Å². The third-order valence-corrected chi connectivity index (χ3v) is 5.75. The average Bonchev–Trinajstić information content (AvgIpc) is 3.21. The molecule has 3 fully saturated rings. The molecule has 0 spiro atoms. The van der Waals surface area contributed by atoms with Crippen LogP contribution in [0.15, 0.2) is 9.05 Å². The Morgan fingerprint density at radius 2 is 1.89 bits per heavy atom. The molecule has 144 valence electrons. The molecule has 1 atom stereocenters. The van der Waals surface area contributed by atoms with Gasteiger partial charge < -0.3 is 14.4 Å². The van der Waals surface area contributed by atoms with Gasteiger partial charge in [-0.25, -0.2) is 0 Å². The van der Waals surface area contributed by atoms with Crippen molar-refractivity contribution in [2.24, 2.45) is 0 Å². The van der Waals surface area contributed by atoms with Crippen molar-refractivity contribution in [3.63, 3.8) is 0 Å². The number of likely N-dealkylation sites (tertiary alicyclic amines) is 1. The molecule has 0 aromatic carbocycles. The Kier molecular flexibility index (Phi) is 4.39. The van der Waals surface area contributed by atoms with Crippen LogP contribution in [0.25, 0.3) is 0 Å². The van der Waals surface area contributed by atoms with E-state index in [1.54, 1.807) is 0 Å². The lowest BCUT2D eigenvalue weighted by Crippen LogP contribution is -2.27. The van der Waals surface area contributed by atoms with Crippen LogP contribution in [0.5, 0.6) is 0 Å². The highest BCUT2D eigenvalue weighted by Crippen LogP contribution is 2.34. The summed E-state index contributed by atoms with van der Waals surface area (Å²) in [5, 5.41) is 10.9. The van der Waals surface area contributed by atoms with Crippen LogP contribution in [0.3, 0.4) is 0 Å². The maximum Gasteiger partial charge on any atom is 0.292 e. The Bertz CT molecular complexity index is 808. The summed E-state index contributed by atoms with van der Waals surface area (Å²) in [6.07, 6.45) is 8.79. The van der Waals surface area contributed by atoms with Crippen molar-refractivity contribution in [1.29, 1.82) is 0 Å². The molecule has 0 bridgehead atoms. The van der Waals surface area contributed by atoms with E-state index in [4.69, 9.17) is 9.05 Å². The third-order valence-electron chi connectivity index (χ3n) is 5.75. The van der Waals surface area contributed by atoms with E-state index in [0.29, 0.717) is 24.2 Å². The molecule has 0 radical (unpaired) electrons. The van der Waals surface area contributed by atoms with Crippen LogP contribution in [-0.4, -0.2) is 43.7 Å². The number of carbonyl (C=O) groups is 1. The highest BCUT2D eigenvalue weighted by atomic mass is 16.5. The van der Waals surface area contributed by atoms with Crippen molar-refractivity contribution in [3.8, 4) is 0 Å². The van der Waals surface area contributed by atoms with Crippen molar-refractivity contribution < 1.29 is 13.8 Å². The zero-order chi connectivity index (χ0) is 18.2. The van der Waals surface area contributed by atoms with Gasteiger partial charge in [0, 0.05) is 12.0 Å². The van der Waals surface area contributed by atoms with Crippen molar-refractivity contribution in [1.82, 2.24) is 30.5 Å². The monoisotopic (exact) mass is 372 g/mol. The first-order valence-electron chi connectivity index (χ1n) is 9.97. The fourth-order valence-electron chi connectivity index (χ4n) is 4.09. The number of amides is 1. The second kappa shape index (κ2) is 7.03. The number of aromatic nitrogens is 4. The molecular formula is C18H24N6O3. The molecular weight excluding hydrogens is 348 g/mol. The number of carbonyl (C=O) groups excluding carboxylic acids is 1. The van der Waals surface area contributed by atoms with Crippen molar-refractivity contribution in [2.45, 2.75) is 75.9 Å². The van der Waals surface area contributed by atoms with Crippen LogP contribution in [0.4, 0.5) is 0 Å². The fourth-order valence-corrected chi connectivity index (χ4v) is 4.09. The normalized spacial score (nSPS) is 23.9. The van der Waals surface area contributed by atoms with Crippen LogP contribution in [0.2, 0.25) is 0 Å². The van der Waals surface area contributed by atoms with Crippen molar-refractivity contribution in [2.75, 3.05) is 6.54 Å². The molecule has 2 aliphatic carbocycles. The molecule has 3 aliphatic rings. The lowest BCUT2D eigenvalue weighted by Gasteiger charge is -2.18. The molecule has 0 unspecified atom stereocenters. The Hall–Kier alpha value is -2.29. The lowest BCUT2D eigenvalue weighted by molar-refractivity contribution is 0.0937. The quantitative estimate of drug-likeness (QED) is 0.823. The SMILES string of the molecule is O=C(NC1CC1)c1noc([C@H]2CCCN2Cc2nc(C3CCCC3)no2)n1. The van der Waals surface area contributed by atoms with Gasteiger partial charge >= 0.3 is 0 Å². The molecule has 2 aromatic rings. The lowest BCUT2D eigenvalue weighted by atomic mass is 10.1. The molecule has 1 N–H and O–H groups in total. The summed E-state index contributed by atoms with van der Waals surface area (Å²) in [4.78, 5) is 23.2. The molecule has 9 heteroatoms. The smallest absolute Gasteiger partial charge is 0.292 e. The van der Waals surface area contributed by atoms with Gasteiger partial charge in [0.15, 0.2) is 5.82 Å². The average molecular weight is 372 g/mol. The topological polar surface area (TPSA) is 110 Å². The molecule has 1 saturated heterocycles. The zero-order valence-electron chi connectivity index (χ0n) is 15.3. The van der Waals surface area contributed by atoms with E-state index in [0.717, 1.165) is 50.9 Å². The molecule has 9 nitrogen and oxygen atoms in total. The van der Waals surface area contributed by atoms with Gasteiger partial charge in [-0.15, -0.1) is 0 Å². The minimum Gasteiger partial charge on any atom is -0.346 e. The van der Waals surface area contributed by atoms with Crippen LogP contribution in [0, 0.1) is 0 Å². The van der Waals surface area contributed by atoms with E-state index >= 15 is 0 Å². The van der Waals surface area contributed by atoms with Crippen LogP contribution < -0.4 is 5.32 Å². The minimum atomic E-state index is -0.254. The van der Waals surface area contributed by atoms with Gasteiger partial charge in [0.25, 0.3) is 11.7 Å². The van der Waals surface area contributed by atoms with Gasteiger partial charge in [0.2, 0.25) is 11.8 Å². The van der Waals surface area contributed by atoms with E-state index in [-0.39, 0.29) is 23.8 Å². The third kappa shape index (κ3) is 3.60.